The minimum atomic E-state index is 0.121. The first-order chi connectivity index (χ1) is 9.54. The quantitative estimate of drug-likeness (QED) is 0.785. The topological polar surface area (TPSA) is 47.3 Å². The van der Waals surface area contributed by atoms with Crippen LogP contribution in [0.25, 0.3) is 0 Å². The van der Waals surface area contributed by atoms with Gasteiger partial charge in [-0.25, -0.2) is 0 Å². The molecule has 0 radical (unpaired) electrons. The second-order valence-electron chi connectivity index (χ2n) is 5.30. The first-order valence-electron chi connectivity index (χ1n) is 6.88. The molecule has 1 unspecified atom stereocenters. The zero-order chi connectivity index (χ0) is 14.5. The van der Waals surface area contributed by atoms with Crippen molar-refractivity contribution in [1.82, 2.24) is 0 Å². The van der Waals surface area contributed by atoms with Crippen LogP contribution in [0.4, 0.5) is 11.4 Å². The van der Waals surface area contributed by atoms with Crippen LogP contribution in [0.3, 0.4) is 0 Å². The lowest BCUT2D eigenvalue weighted by atomic mass is 10.1. The van der Waals surface area contributed by atoms with Gasteiger partial charge in [-0.3, -0.25) is 0 Å². The molecule has 3 N–H and O–H groups in total. The summed E-state index contributed by atoms with van der Waals surface area (Å²) in [5.74, 6) is 0.743. The van der Waals surface area contributed by atoms with Gasteiger partial charge in [0.05, 0.1) is 11.8 Å². The van der Waals surface area contributed by atoms with E-state index >= 15 is 0 Å². The molecule has 4 heteroatoms. The predicted molar refractivity (Wildman–Crippen MR) is 87.7 cm³/mol. The highest BCUT2D eigenvalue weighted by atomic mass is 32.1. The fourth-order valence-electron chi connectivity index (χ4n) is 2.08. The Balaban J connectivity index is 2.01. The highest BCUT2D eigenvalue weighted by Gasteiger charge is 2.08. The second-order valence-corrected chi connectivity index (χ2v) is 6.08. The van der Waals surface area contributed by atoms with E-state index in [1.807, 2.05) is 32.0 Å². The van der Waals surface area contributed by atoms with Crippen LogP contribution in [0.5, 0.6) is 5.75 Å². The molecule has 2 rings (SSSR count). The van der Waals surface area contributed by atoms with Crippen LogP contribution in [-0.2, 0) is 6.42 Å². The number of rotatable bonds is 6. The summed E-state index contributed by atoms with van der Waals surface area (Å²) in [6.07, 6.45) is 1.13. The van der Waals surface area contributed by atoms with Crippen LogP contribution >= 0.6 is 11.3 Å². The van der Waals surface area contributed by atoms with Crippen molar-refractivity contribution >= 4 is 22.7 Å². The molecule has 1 aromatic carbocycles. The van der Waals surface area contributed by atoms with Gasteiger partial charge in [-0.2, -0.15) is 11.3 Å². The molecule has 0 aliphatic carbocycles. The Bertz CT molecular complexity index is 537. The molecule has 1 heterocycles. The van der Waals surface area contributed by atoms with Crippen LogP contribution in [0, 0.1) is 0 Å². The van der Waals surface area contributed by atoms with Gasteiger partial charge in [-0.1, -0.05) is 0 Å². The molecular weight excluding hydrogens is 268 g/mol. The van der Waals surface area contributed by atoms with Crippen LogP contribution in [0.2, 0.25) is 0 Å². The lowest BCUT2D eigenvalue weighted by molar-refractivity contribution is 0.244. The number of hydrogen-bond donors (Lipinski definition) is 2. The highest BCUT2D eigenvalue weighted by Crippen LogP contribution is 2.27. The molecule has 0 saturated carbocycles. The molecule has 1 aromatic heterocycles. The van der Waals surface area contributed by atoms with Crippen molar-refractivity contribution in [2.45, 2.75) is 39.3 Å². The van der Waals surface area contributed by atoms with Crippen molar-refractivity contribution in [1.29, 1.82) is 0 Å². The number of nitrogens with two attached hydrogens (primary N) is 1. The third kappa shape index (κ3) is 4.17. The SMILES string of the molecule is CC(Cc1ccsc1)Nc1ccc(N)c(OC(C)C)c1. The maximum atomic E-state index is 5.93. The molecule has 0 bridgehead atoms. The van der Waals surface area contributed by atoms with Gasteiger partial charge in [0.25, 0.3) is 0 Å². The summed E-state index contributed by atoms with van der Waals surface area (Å²) in [6, 6.07) is 8.38. The number of benzene rings is 1. The van der Waals surface area contributed by atoms with Crippen molar-refractivity contribution in [2.24, 2.45) is 0 Å². The maximum Gasteiger partial charge on any atom is 0.144 e. The number of ether oxygens (including phenoxy) is 1. The maximum absolute atomic E-state index is 5.93. The van der Waals surface area contributed by atoms with E-state index in [-0.39, 0.29) is 6.10 Å². The van der Waals surface area contributed by atoms with E-state index < -0.39 is 0 Å². The molecule has 0 spiro atoms. The molecule has 0 aliphatic heterocycles. The minimum Gasteiger partial charge on any atom is -0.489 e. The average Bonchev–Trinajstić information content (AvgIpc) is 2.85. The van der Waals surface area contributed by atoms with E-state index in [1.165, 1.54) is 5.56 Å². The molecule has 108 valence electrons. The van der Waals surface area contributed by atoms with Crippen molar-refractivity contribution in [2.75, 3.05) is 11.1 Å². The fraction of sp³-hybridized carbons (Fsp3) is 0.375. The molecule has 0 fully saturated rings. The minimum absolute atomic E-state index is 0.121. The van der Waals surface area contributed by atoms with Gasteiger partial charge in [0.15, 0.2) is 0 Å². The zero-order valence-electron chi connectivity index (χ0n) is 12.2. The van der Waals surface area contributed by atoms with E-state index in [1.54, 1.807) is 11.3 Å². The van der Waals surface area contributed by atoms with Crippen molar-refractivity contribution in [3.05, 3.63) is 40.6 Å². The van der Waals surface area contributed by atoms with E-state index in [4.69, 9.17) is 10.5 Å². The summed E-state index contributed by atoms with van der Waals surface area (Å²) >= 11 is 1.73. The second kappa shape index (κ2) is 6.66. The number of thiophene rings is 1. The highest BCUT2D eigenvalue weighted by molar-refractivity contribution is 7.07. The first kappa shape index (κ1) is 14.7. The Hall–Kier alpha value is -1.68. The summed E-state index contributed by atoms with van der Waals surface area (Å²) in [5.41, 5.74) is 9.01. The molecular formula is C16H22N2OS. The number of nitrogen functional groups attached to an aromatic ring is 1. The summed E-state index contributed by atoms with van der Waals surface area (Å²) in [5, 5.41) is 7.79. The van der Waals surface area contributed by atoms with E-state index in [0.29, 0.717) is 11.7 Å². The zero-order valence-corrected chi connectivity index (χ0v) is 13.0. The lowest BCUT2D eigenvalue weighted by Crippen LogP contribution is -2.18. The van der Waals surface area contributed by atoms with Crippen molar-refractivity contribution in [3.8, 4) is 5.75 Å². The molecule has 0 aliphatic rings. The van der Waals surface area contributed by atoms with Gasteiger partial charge in [-0.05, 0) is 61.7 Å². The standard InChI is InChI=1S/C16H22N2OS/c1-11(2)19-16-9-14(4-5-15(16)17)18-12(3)8-13-6-7-20-10-13/h4-7,9-12,18H,8,17H2,1-3H3. The smallest absolute Gasteiger partial charge is 0.144 e. The number of anilines is 2. The predicted octanol–water partition coefficient (Wildman–Crippen LogP) is 4.16. The monoisotopic (exact) mass is 290 g/mol. The van der Waals surface area contributed by atoms with Crippen LogP contribution in [0.1, 0.15) is 26.3 Å². The van der Waals surface area contributed by atoms with Gasteiger partial charge >= 0.3 is 0 Å². The third-order valence-corrected chi connectivity index (χ3v) is 3.64. The molecule has 1 atom stereocenters. The van der Waals surface area contributed by atoms with E-state index in [9.17, 15) is 0 Å². The van der Waals surface area contributed by atoms with Gasteiger partial charge in [0.1, 0.15) is 5.75 Å². The lowest BCUT2D eigenvalue weighted by Gasteiger charge is -2.17. The van der Waals surface area contributed by atoms with E-state index in [0.717, 1.165) is 17.9 Å². The van der Waals surface area contributed by atoms with Crippen molar-refractivity contribution < 1.29 is 4.74 Å². The molecule has 0 amide bonds. The Kier molecular flexibility index (Phi) is 4.90. The Morgan fingerprint density at radius 3 is 2.70 bits per heavy atom. The van der Waals surface area contributed by atoms with E-state index in [2.05, 4.69) is 29.1 Å². The van der Waals surface area contributed by atoms with Gasteiger partial charge in [0, 0.05) is 17.8 Å². The normalized spacial score (nSPS) is 12.4. The first-order valence-corrected chi connectivity index (χ1v) is 7.82. The molecule has 3 nitrogen and oxygen atoms in total. The summed E-state index contributed by atoms with van der Waals surface area (Å²) < 4.78 is 5.71. The largest absolute Gasteiger partial charge is 0.489 e. The van der Waals surface area contributed by atoms with Crippen LogP contribution in [0.15, 0.2) is 35.0 Å². The summed E-state index contributed by atoms with van der Waals surface area (Å²) in [6.45, 7) is 6.18. The van der Waals surface area contributed by atoms with Gasteiger partial charge in [-0.15, -0.1) is 0 Å². The number of hydrogen-bond acceptors (Lipinski definition) is 4. The number of nitrogens with one attached hydrogen (secondary N) is 1. The molecule has 0 saturated heterocycles. The van der Waals surface area contributed by atoms with Gasteiger partial charge < -0.3 is 15.8 Å². The van der Waals surface area contributed by atoms with Crippen LogP contribution in [-0.4, -0.2) is 12.1 Å². The Morgan fingerprint density at radius 2 is 2.05 bits per heavy atom. The third-order valence-electron chi connectivity index (χ3n) is 2.91. The molecule has 2 aromatic rings. The molecule has 20 heavy (non-hydrogen) atoms. The van der Waals surface area contributed by atoms with Gasteiger partial charge in [0.2, 0.25) is 0 Å². The average molecular weight is 290 g/mol. The fourth-order valence-corrected chi connectivity index (χ4v) is 2.76. The summed E-state index contributed by atoms with van der Waals surface area (Å²) in [7, 11) is 0. The van der Waals surface area contributed by atoms with Crippen molar-refractivity contribution in [3.63, 3.8) is 0 Å². The Morgan fingerprint density at radius 1 is 1.25 bits per heavy atom. The summed E-state index contributed by atoms with van der Waals surface area (Å²) in [4.78, 5) is 0. The Labute approximate surface area is 124 Å². The van der Waals surface area contributed by atoms with Crippen LogP contribution < -0.4 is 15.8 Å².